The van der Waals surface area contributed by atoms with Crippen LogP contribution in [0, 0.1) is 0 Å². The highest BCUT2D eigenvalue weighted by atomic mass is 32.2. The topological polar surface area (TPSA) is 46.3 Å². The molecule has 2 N–H and O–H groups in total. The normalized spacial score (nSPS) is 20.7. The summed E-state index contributed by atoms with van der Waals surface area (Å²) in [6.45, 7) is 3.89. The first kappa shape index (κ1) is 15.4. The molecule has 1 aliphatic heterocycles. The van der Waals surface area contributed by atoms with Gasteiger partial charge in [0.2, 0.25) is 5.91 Å². The second-order valence-electron chi connectivity index (χ2n) is 5.32. The highest BCUT2D eigenvalue weighted by molar-refractivity contribution is 8.00. The van der Waals surface area contributed by atoms with Crippen LogP contribution < -0.4 is 5.73 Å². The van der Waals surface area contributed by atoms with E-state index in [2.05, 4.69) is 19.1 Å². The van der Waals surface area contributed by atoms with Crippen molar-refractivity contribution >= 4 is 17.7 Å². The Bertz CT molecular complexity index is 424. The predicted molar refractivity (Wildman–Crippen MR) is 85.9 cm³/mol. The molecular weight excluding hydrogens is 268 g/mol. The van der Waals surface area contributed by atoms with Crippen molar-refractivity contribution in [1.29, 1.82) is 0 Å². The molecule has 0 bridgehead atoms. The van der Waals surface area contributed by atoms with Crippen molar-refractivity contribution in [3.63, 3.8) is 0 Å². The molecule has 0 aliphatic carbocycles. The van der Waals surface area contributed by atoms with Crippen LogP contribution in [-0.4, -0.2) is 40.9 Å². The highest BCUT2D eigenvalue weighted by Crippen LogP contribution is 2.21. The molecule has 0 saturated carbocycles. The molecule has 1 heterocycles. The van der Waals surface area contributed by atoms with Gasteiger partial charge in [0.25, 0.3) is 0 Å². The molecule has 0 spiro atoms. The number of aryl methyl sites for hydroxylation is 1. The standard InChI is InChI=1S/C16H24N2OS/c1-2-14-12-18(10-11-20-14)16(19)15(17)9-8-13-6-4-3-5-7-13/h3-7,14-15H,2,8-12,17H2,1H3/t14?,15-/m0/s1. The van der Waals surface area contributed by atoms with Crippen LogP contribution in [0.25, 0.3) is 0 Å². The SMILES string of the molecule is CCC1CN(C(=O)[C@@H](N)CCc2ccccc2)CCS1. The zero-order valence-electron chi connectivity index (χ0n) is 12.1. The van der Waals surface area contributed by atoms with Crippen LogP contribution in [-0.2, 0) is 11.2 Å². The molecule has 110 valence electrons. The lowest BCUT2D eigenvalue weighted by molar-refractivity contribution is -0.132. The zero-order chi connectivity index (χ0) is 14.4. The molecule has 1 aliphatic rings. The van der Waals surface area contributed by atoms with E-state index in [-0.39, 0.29) is 11.9 Å². The predicted octanol–water partition coefficient (Wildman–Crippen LogP) is 2.30. The van der Waals surface area contributed by atoms with Gasteiger partial charge in [-0.25, -0.2) is 0 Å². The number of carbonyl (C=O) groups is 1. The van der Waals surface area contributed by atoms with E-state index < -0.39 is 0 Å². The Kier molecular flexibility index (Phi) is 5.92. The molecule has 3 nitrogen and oxygen atoms in total. The third-order valence-corrected chi connectivity index (χ3v) is 5.18. The van der Waals surface area contributed by atoms with Crippen molar-refractivity contribution in [3.8, 4) is 0 Å². The lowest BCUT2D eigenvalue weighted by Gasteiger charge is -2.33. The van der Waals surface area contributed by atoms with E-state index >= 15 is 0 Å². The number of thioether (sulfide) groups is 1. The Morgan fingerprint density at radius 3 is 2.90 bits per heavy atom. The van der Waals surface area contributed by atoms with E-state index in [0.717, 1.165) is 38.1 Å². The largest absolute Gasteiger partial charge is 0.339 e. The van der Waals surface area contributed by atoms with Crippen molar-refractivity contribution in [1.82, 2.24) is 4.90 Å². The van der Waals surface area contributed by atoms with Crippen molar-refractivity contribution in [2.45, 2.75) is 37.5 Å². The summed E-state index contributed by atoms with van der Waals surface area (Å²) in [5.41, 5.74) is 7.33. The average molecular weight is 292 g/mol. The third-order valence-electron chi connectivity index (χ3n) is 3.81. The highest BCUT2D eigenvalue weighted by Gasteiger charge is 2.26. The quantitative estimate of drug-likeness (QED) is 0.906. The van der Waals surface area contributed by atoms with Gasteiger partial charge in [0.05, 0.1) is 6.04 Å². The molecule has 0 aromatic heterocycles. The lowest BCUT2D eigenvalue weighted by Crippen LogP contribution is -2.49. The van der Waals surface area contributed by atoms with Gasteiger partial charge in [-0.15, -0.1) is 0 Å². The Morgan fingerprint density at radius 2 is 2.20 bits per heavy atom. The summed E-state index contributed by atoms with van der Waals surface area (Å²) in [6.07, 6.45) is 2.71. The smallest absolute Gasteiger partial charge is 0.239 e. The first-order chi connectivity index (χ1) is 9.70. The molecule has 20 heavy (non-hydrogen) atoms. The van der Waals surface area contributed by atoms with E-state index in [4.69, 9.17) is 5.73 Å². The fourth-order valence-electron chi connectivity index (χ4n) is 2.49. The Morgan fingerprint density at radius 1 is 1.45 bits per heavy atom. The van der Waals surface area contributed by atoms with E-state index in [1.54, 1.807) is 0 Å². The second kappa shape index (κ2) is 7.70. The van der Waals surface area contributed by atoms with Gasteiger partial charge in [0, 0.05) is 24.1 Å². The molecular formula is C16H24N2OS. The number of rotatable bonds is 5. The van der Waals surface area contributed by atoms with Crippen LogP contribution in [0.15, 0.2) is 30.3 Å². The molecule has 1 aromatic rings. The van der Waals surface area contributed by atoms with E-state index in [1.807, 2.05) is 34.9 Å². The molecule has 4 heteroatoms. The Hall–Kier alpha value is -1.00. The Labute approximate surface area is 125 Å². The van der Waals surface area contributed by atoms with Crippen LogP contribution in [0.5, 0.6) is 0 Å². The first-order valence-corrected chi connectivity index (χ1v) is 8.45. The minimum absolute atomic E-state index is 0.125. The molecule has 0 radical (unpaired) electrons. The number of benzene rings is 1. The number of hydrogen-bond donors (Lipinski definition) is 1. The van der Waals surface area contributed by atoms with E-state index in [9.17, 15) is 4.79 Å². The van der Waals surface area contributed by atoms with Crippen LogP contribution in [0.1, 0.15) is 25.3 Å². The lowest BCUT2D eigenvalue weighted by atomic mass is 10.0. The van der Waals surface area contributed by atoms with Crippen molar-refractivity contribution in [2.24, 2.45) is 5.73 Å². The molecule has 1 fully saturated rings. The molecule has 1 aromatic carbocycles. The van der Waals surface area contributed by atoms with Crippen molar-refractivity contribution < 1.29 is 4.79 Å². The fourth-order valence-corrected chi connectivity index (χ4v) is 3.67. The van der Waals surface area contributed by atoms with Gasteiger partial charge < -0.3 is 10.6 Å². The second-order valence-corrected chi connectivity index (χ2v) is 6.72. The summed E-state index contributed by atoms with van der Waals surface area (Å²) in [5.74, 6) is 1.16. The van der Waals surface area contributed by atoms with Gasteiger partial charge in [0.15, 0.2) is 0 Å². The number of carbonyl (C=O) groups excluding carboxylic acids is 1. The average Bonchev–Trinajstić information content (AvgIpc) is 2.53. The number of nitrogens with two attached hydrogens (primary N) is 1. The molecule has 1 amide bonds. The monoisotopic (exact) mass is 292 g/mol. The van der Waals surface area contributed by atoms with Gasteiger partial charge in [-0.05, 0) is 24.8 Å². The maximum Gasteiger partial charge on any atom is 0.239 e. The molecule has 2 atom stereocenters. The first-order valence-electron chi connectivity index (χ1n) is 7.40. The minimum Gasteiger partial charge on any atom is -0.339 e. The van der Waals surface area contributed by atoms with Gasteiger partial charge in [-0.2, -0.15) is 11.8 Å². The van der Waals surface area contributed by atoms with E-state index in [0.29, 0.717) is 5.25 Å². The Balaban J connectivity index is 1.82. The van der Waals surface area contributed by atoms with Crippen molar-refractivity contribution in [2.75, 3.05) is 18.8 Å². The zero-order valence-corrected chi connectivity index (χ0v) is 12.9. The molecule has 1 unspecified atom stereocenters. The number of nitrogens with zero attached hydrogens (tertiary/aromatic N) is 1. The summed E-state index contributed by atoms with van der Waals surface area (Å²) in [7, 11) is 0. The van der Waals surface area contributed by atoms with Gasteiger partial charge in [-0.1, -0.05) is 37.3 Å². The maximum atomic E-state index is 12.4. The van der Waals surface area contributed by atoms with Gasteiger partial charge in [-0.3, -0.25) is 4.79 Å². The van der Waals surface area contributed by atoms with Gasteiger partial charge in [0.1, 0.15) is 0 Å². The summed E-state index contributed by atoms with van der Waals surface area (Å²) in [5, 5.41) is 0.578. The van der Waals surface area contributed by atoms with Crippen molar-refractivity contribution in [3.05, 3.63) is 35.9 Å². The summed E-state index contributed by atoms with van der Waals surface area (Å²) in [4.78, 5) is 14.3. The van der Waals surface area contributed by atoms with E-state index in [1.165, 1.54) is 5.56 Å². The molecule has 2 rings (SSSR count). The van der Waals surface area contributed by atoms with Crippen LogP contribution in [0.3, 0.4) is 0 Å². The summed E-state index contributed by atoms with van der Waals surface area (Å²) < 4.78 is 0. The summed E-state index contributed by atoms with van der Waals surface area (Å²) >= 11 is 1.97. The van der Waals surface area contributed by atoms with Crippen LogP contribution in [0.4, 0.5) is 0 Å². The van der Waals surface area contributed by atoms with Gasteiger partial charge >= 0.3 is 0 Å². The number of amides is 1. The minimum atomic E-state index is -0.365. The van der Waals surface area contributed by atoms with Crippen LogP contribution in [0.2, 0.25) is 0 Å². The molecule has 1 saturated heterocycles. The fraction of sp³-hybridized carbons (Fsp3) is 0.562. The summed E-state index contributed by atoms with van der Waals surface area (Å²) in [6, 6.07) is 9.86. The number of hydrogen-bond acceptors (Lipinski definition) is 3. The third kappa shape index (κ3) is 4.25. The maximum absolute atomic E-state index is 12.4. The van der Waals surface area contributed by atoms with Crippen LogP contribution >= 0.6 is 11.8 Å².